The molecule has 1 fully saturated rings. The van der Waals surface area contributed by atoms with E-state index in [1.165, 1.54) is 12.0 Å². The number of amides is 1. The summed E-state index contributed by atoms with van der Waals surface area (Å²) in [6.07, 6.45) is 5.00. The first kappa shape index (κ1) is 12.4. The number of carbonyl (C=O) groups excluding carboxylic acids is 1. The molecule has 0 aliphatic carbocycles. The topological polar surface area (TPSA) is 33.2 Å². The van der Waals surface area contributed by atoms with E-state index in [2.05, 4.69) is 4.98 Å². The highest BCUT2D eigenvalue weighted by atomic mass is 35.5. The van der Waals surface area contributed by atoms with Crippen LogP contribution in [0.25, 0.3) is 0 Å². The largest absolute Gasteiger partial charge is 0.343 e. The number of likely N-dealkylation sites (tertiary alicyclic amines) is 1. The molecule has 92 valence electrons. The van der Waals surface area contributed by atoms with Gasteiger partial charge in [0, 0.05) is 26.2 Å². The van der Waals surface area contributed by atoms with Crippen LogP contribution in [0.1, 0.15) is 25.3 Å². The Balaban J connectivity index is 1.97. The summed E-state index contributed by atoms with van der Waals surface area (Å²) < 4.78 is 0. The quantitative estimate of drug-likeness (QED) is 0.758. The molecule has 17 heavy (non-hydrogen) atoms. The number of nitrogens with zero attached hydrogens (tertiary/aromatic N) is 2. The summed E-state index contributed by atoms with van der Waals surface area (Å²) in [4.78, 5) is 17.3. The Morgan fingerprint density at radius 1 is 1.65 bits per heavy atom. The number of pyridine rings is 1. The molecule has 4 heteroatoms. The Bertz CT molecular complexity index is 408. The highest BCUT2D eigenvalue weighted by Crippen LogP contribution is 2.21. The molecule has 1 aromatic rings. The maximum absolute atomic E-state index is 11.3. The van der Waals surface area contributed by atoms with E-state index in [1.54, 1.807) is 13.1 Å². The van der Waals surface area contributed by atoms with E-state index in [4.69, 9.17) is 11.6 Å². The molecule has 0 N–H and O–H groups in total. The number of carbonyl (C=O) groups is 1. The fraction of sp³-hybridized carbons (Fsp3) is 0.538. The average molecular weight is 253 g/mol. The molecule has 2 rings (SSSR count). The molecule has 1 aromatic heterocycles. The molecule has 1 aliphatic rings. The normalized spacial score (nSPS) is 20.4. The Morgan fingerprint density at radius 2 is 2.47 bits per heavy atom. The van der Waals surface area contributed by atoms with E-state index in [0.717, 1.165) is 25.9 Å². The number of hydrogen-bond acceptors (Lipinski definition) is 2. The van der Waals surface area contributed by atoms with Crippen molar-refractivity contribution in [1.82, 2.24) is 9.88 Å². The highest BCUT2D eigenvalue weighted by Gasteiger charge is 2.21. The van der Waals surface area contributed by atoms with Gasteiger partial charge in [0.1, 0.15) is 5.15 Å². The molecule has 1 amide bonds. The summed E-state index contributed by atoms with van der Waals surface area (Å²) in [6.45, 7) is 3.42. The SMILES string of the molecule is CC(=O)N1CCC[C@@H](Cc2ccnc(Cl)c2)C1. The van der Waals surface area contributed by atoms with Crippen LogP contribution in [0.2, 0.25) is 5.15 Å². The third-order valence-corrected chi connectivity index (χ3v) is 3.49. The number of halogens is 1. The number of hydrogen-bond donors (Lipinski definition) is 0. The van der Waals surface area contributed by atoms with Gasteiger partial charge in [0.25, 0.3) is 0 Å². The lowest BCUT2D eigenvalue weighted by atomic mass is 9.91. The first-order valence-corrected chi connectivity index (χ1v) is 6.39. The smallest absolute Gasteiger partial charge is 0.219 e. The van der Waals surface area contributed by atoms with Crippen molar-refractivity contribution in [1.29, 1.82) is 0 Å². The van der Waals surface area contributed by atoms with Gasteiger partial charge in [0.15, 0.2) is 0 Å². The Hall–Kier alpha value is -1.09. The minimum absolute atomic E-state index is 0.183. The van der Waals surface area contributed by atoms with Crippen LogP contribution in [0.4, 0.5) is 0 Å². The molecule has 0 bridgehead atoms. The predicted octanol–water partition coefficient (Wildman–Crippen LogP) is 2.54. The predicted molar refractivity (Wildman–Crippen MR) is 67.9 cm³/mol. The highest BCUT2D eigenvalue weighted by molar-refractivity contribution is 6.29. The zero-order valence-corrected chi connectivity index (χ0v) is 10.8. The standard InChI is InChI=1S/C13H17ClN2O/c1-10(17)16-6-2-3-12(9-16)7-11-4-5-15-13(14)8-11/h4-5,8,12H,2-3,6-7,9H2,1H3/t12-/m0/s1. The second kappa shape index (κ2) is 5.50. The van der Waals surface area contributed by atoms with Crippen LogP contribution in [0.5, 0.6) is 0 Å². The van der Waals surface area contributed by atoms with E-state index >= 15 is 0 Å². The van der Waals surface area contributed by atoms with Gasteiger partial charge in [-0.05, 0) is 42.9 Å². The number of piperidine rings is 1. The summed E-state index contributed by atoms with van der Waals surface area (Å²) in [5.74, 6) is 0.730. The molecule has 0 aromatic carbocycles. The fourth-order valence-corrected chi connectivity index (χ4v) is 2.62. The van der Waals surface area contributed by atoms with Gasteiger partial charge in [-0.25, -0.2) is 4.98 Å². The molecule has 1 atom stereocenters. The van der Waals surface area contributed by atoms with Crippen LogP contribution in [0, 0.1) is 5.92 Å². The van der Waals surface area contributed by atoms with Crippen LogP contribution < -0.4 is 0 Å². The van der Waals surface area contributed by atoms with Gasteiger partial charge >= 0.3 is 0 Å². The molecule has 1 aliphatic heterocycles. The van der Waals surface area contributed by atoms with E-state index in [9.17, 15) is 4.79 Å². The van der Waals surface area contributed by atoms with Crippen LogP contribution in [0.15, 0.2) is 18.3 Å². The van der Waals surface area contributed by atoms with E-state index in [1.807, 2.05) is 17.0 Å². The third-order valence-electron chi connectivity index (χ3n) is 3.28. The van der Waals surface area contributed by atoms with Gasteiger partial charge in [0.2, 0.25) is 5.91 Å². The van der Waals surface area contributed by atoms with Gasteiger partial charge in [0.05, 0.1) is 0 Å². The van der Waals surface area contributed by atoms with Gasteiger partial charge < -0.3 is 4.90 Å². The summed E-state index contributed by atoms with van der Waals surface area (Å²) in [6, 6.07) is 3.91. The van der Waals surface area contributed by atoms with E-state index in [-0.39, 0.29) is 5.91 Å². The maximum Gasteiger partial charge on any atom is 0.219 e. The number of rotatable bonds is 2. The zero-order chi connectivity index (χ0) is 12.3. The lowest BCUT2D eigenvalue weighted by molar-refractivity contribution is -0.130. The monoisotopic (exact) mass is 252 g/mol. The van der Waals surface area contributed by atoms with E-state index in [0.29, 0.717) is 11.1 Å². The molecule has 2 heterocycles. The van der Waals surface area contributed by atoms with Gasteiger partial charge in [-0.15, -0.1) is 0 Å². The first-order valence-electron chi connectivity index (χ1n) is 6.01. The van der Waals surface area contributed by atoms with E-state index < -0.39 is 0 Å². The Labute approximate surface area is 107 Å². The Morgan fingerprint density at radius 3 is 3.18 bits per heavy atom. The Kier molecular flexibility index (Phi) is 4.00. The minimum Gasteiger partial charge on any atom is -0.343 e. The number of aromatic nitrogens is 1. The van der Waals surface area contributed by atoms with Crippen molar-refractivity contribution in [2.45, 2.75) is 26.2 Å². The van der Waals surface area contributed by atoms with Crippen LogP contribution in [-0.2, 0) is 11.2 Å². The molecule has 3 nitrogen and oxygen atoms in total. The van der Waals surface area contributed by atoms with Crippen molar-refractivity contribution in [3.05, 3.63) is 29.0 Å². The molecule has 0 saturated carbocycles. The molecule has 0 spiro atoms. The maximum atomic E-state index is 11.3. The lowest BCUT2D eigenvalue weighted by Crippen LogP contribution is -2.39. The summed E-state index contributed by atoms with van der Waals surface area (Å²) in [7, 11) is 0. The van der Waals surface area contributed by atoms with Gasteiger partial charge in [-0.1, -0.05) is 11.6 Å². The van der Waals surface area contributed by atoms with Crippen molar-refractivity contribution in [2.24, 2.45) is 5.92 Å². The van der Waals surface area contributed by atoms with Crippen molar-refractivity contribution in [3.8, 4) is 0 Å². The average Bonchev–Trinajstić information content (AvgIpc) is 2.29. The van der Waals surface area contributed by atoms with Crippen LogP contribution >= 0.6 is 11.6 Å². The van der Waals surface area contributed by atoms with Gasteiger partial charge in [-0.2, -0.15) is 0 Å². The summed E-state index contributed by atoms with van der Waals surface area (Å²) >= 11 is 5.87. The molecule has 0 unspecified atom stereocenters. The first-order chi connectivity index (χ1) is 8.15. The molecular formula is C13H17ClN2O. The minimum atomic E-state index is 0.183. The van der Waals surface area contributed by atoms with Gasteiger partial charge in [-0.3, -0.25) is 4.79 Å². The molecule has 0 radical (unpaired) electrons. The second-order valence-corrected chi connectivity index (χ2v) is 5.05. The zero-order valence-electron chi connectivity index (χ0n) is 10.0. The third kappa shape index (κ3) is 3.43. The van der Waals surface area contributed by atoms with Crippen LogP contribution in [0.3, 0.4) is 0 Å². The summed E-state index contributed by atoms with van der Waals surface area (Å²) in [5, 5.41) is 0.543. The van der Waals surface area contributed by atoms with Crippen molar-refractivity contribution >= 4 is 17.5 Å². The summed E-state index contributed by atoms with van der Waals surface area (Å²) in [5.41, 5.74) is 1.21. The lowest BCUT2D eigenvalue weighted by Gasteiger charge is -2.32. The van der Waals surface area contributed by atoms with Crippen LogP contribution in [-0.4, -0.2) is 28.9 Å². The second-order valence-electron chi connectivity index (χ2n) is 4.66. The van der Waals surface area contributed by atoms with Crippen molar-refractivity contribution in [2.75, 3.05) is 13.1 Å². The fourth-order valence-electron chi connectivity index (χ4n) is 2.42. The molecular weight excluding hydrogens is 236 g/mol. The van der Waals surface area contributed by atoms with Crippen molar-refractivity contribution < 1.29 is 4.79 Å². The molecule has 1 saturated heterocycles. The van der Waals surface area contributed by atoms with Crippen molar-refractivity contribution in [3.63, 3.8) is 0 Å².